The third-order valence-electron chi connectivity index (χ3n) is 4.61. The molecule has 0 saturated carbocycles. The average molecular weight is 314 g/mol. The fourth-order valence-corrected chi connectivity index (χ4v) is 4.50. The molecular formula is C20H26OS. The van der Waals surface area contributed by atoms with Gasteiger partial charge in [0.2, 0.25) is 0 Å². The lowest BCUT2D eigenvalue weighted by Crippen LogP contribution is -2.13. The molecule has 3 rings (SSSR count). The molecule has 0 aromatic heterocycles. The lowest BCUT2D eigenvalue weighted by atomic mass is 9.99. The lowest BCUT2D eigenvalue weighted by molar-refractivity contribution is 0.0697. The molecule has 0 aliphatic carbocycles. The predicted octanol–water partition coefficient (Wildman–Crippen LogP) is 6.26. The second kappa shape index (κ2) is 7.52. The largest absolute Gasteiger partial charge is 0.364 e. The molecule has 1 heterocycles. The topological polar surface area (TPSA) is 9.23 Å². The van der Waals surface area contributed by atoms with Gasteiger partial charge in [-0.2, -0.15) is 0 Å². The first-order chi connectivity index (χ1) is 10.8. The van der Waals surface area contributed by atoms with Gasteiger partial charge in [-0.1, -0.05) is 75.2 Å². The van der Waals surface area contributed by atoms with Crippen LogP contribution in [-0.2, 0) is 4.74 Å². The highest BCUT2D eigenvalue weighted by atomic mass is 32.2. The van der Waals surface area contributed by atoms with Gasteiger partial charge in [-0.05, 0) is 41.7 Å². The van der Waals surface area contributed by atoms with Crippen molar-refractivity contribution in [3.63, 3.8) is 0 Å². The number of fused-ring (bicyclic) bond motifs is 1. The molecule has 1 aliphatic rings. The van der Waals surface area contributed by atoms with Crippen LogP contribution >= 0.6 is 11.8 Å². The van der Waals surface area contributed by atoms with Gasteiger partial charge in [-0.25, -0.2) is 0 Å². The molecule has 22 heavy (non-hydrogen) atoms. The van der Waals surface area contributed by atoms with Gasteiger partial charge < -0.3 is 4.74 Å². The van der Waals surface area contributed by atoms with E-state index in [1.807, 2.05) is 11.8 Å². The quantitative estimate of drug-likeness (QED) is 0.582. The van der Waals surface area contributed by atoms with Crippen LogP contribution in [0.15, 0.2) is 47.4 Å². The highest BCUT2D eigenvalue weighted by Gasteiger charge is 2.32. The van der Waals surface area contributed by atoms with E-state index in [9.17, 15) is 0 Å². The zero-order valence-corrected chi connectivity index (χ0v) is 14.4. The Morgan fingerprint density at radius 2 is 1.91 bits per heavy atom. The molecule has 2 aromatic rings. The minimum Gasteiger partial charge on any atom is -0.364 e. The smallest absolute Gasteiger partial charge is 0.108 e. The Kier molecular flexibility index (Phi) is 5.43. The maximum Gasteiger partial charge on any atom is 0.108 e. The molecule has 1 aliphatic heterocycles. The van der Waals surface area contributed by atoms with Crippen LogP contribution in [0.2, 0.25) is 0 Å². The van der Waals surface area contributed by atoms with Crippen molar-refractivity contribution in [2.24, 2.45) is 5.92 Å². The summed E-state index contributed by atoms with van der Waals surface area (Å²) in [6.45, 7) is 4.61. The summed E-state index contributed by atoms with van der Waals surface area (Å²) in [5, 5.41) is 2.63. The highest BCUT2D eigenvalue weighted by molar-refractivity contribution is 7.99. The number of rotatable bonds is 6. The predicted molar refractivity (Wildman–Crippen MR) is 96.4 cm³/mol. The molecule has 0 amide bonds. The van der Waals surface area contributed by atoms with Gasteiger partial charge in [0.25, 0.3) is 0 Å². The molecule has 1 fully saturated rings. The van der Waals surface area contributed by atoms with E-state index >= 15 is 0 Å². The third kappa shape index (κ3) is 3.85. The molecule has 118 valence electrons. The van der Waals surface area contributed by atoms with E-state index in [-0.39, 0.29) is 0 Å². The Balaban J connectivity index is 1.60. The Labute approximate surface area is 138 Å². The SMILES string of the molecule is CCCCCC1OC(Sc2ccc3ccccc3c2)C[C@H]1C. The summed E-state index contributed by atoms with van der Waals surface area (Å²) in [6, 6.07) is 15.3. The van der Waals surface area contributed by atoms with Crippen LogP contribution in [0.1, 0.15) is 46.0 Å². The van der Waals surface area contributed by atoms with Crippen molar-refractivity contribution in [3.05, 3.63) is 42.5 Å². The van der Waals surface area contributed by atoms with Crippen LogP contribution < -0.4 is 0 Å². The minimum absolute atomic E-state index is 0.322. The van der Waals surface area contributed by atoms with E-state index < -0.39 is 0 Å². The number of hydrogen-bond acceptors (Lipinski definition) is 2. The van der Waals surface area contributed by atoms with Crippen molar-refractivity contribution in [1.29, 1.82) is 0 Å². The Bertz CT molecular complexity index is 609. The molecular weight excluding hydrogens is 288 g/mol. The molecule has 2 aromatic carbocycles. The van der Waals surface area contributed by atoms with E-state index in [0.717, 1.165) is 0 Å². The second-order valence-corrected chi connectivity index (χ2v) is 7.67. The summed E-state index contributed by atoms with van der Waals surface area (Å²) in [4.78, 5) is 1.32. The summed E-state index contributed by atoms with van der Waals surface area (Å²) < 4.78 is 6.30. The number of thioether (sulfide) groups is 1. The van der Waals surface area contributed by atoms with Crippen LogP contribution in [0.25, 0.3) is 10.8 Å². The molecule has 2 unspecified atom stereocenters. The monoisotopic (exact) mass is 314 g/mol. The van der Waals surface area contributed by atoms with Crippen molar-refractivity contribution < 1.29 is 4.74 Å². The standard InChI is InChI=1S/C20H26OS/c1-3-4-5-10-19-15(2)13-20(21-19)22-18-12-11-16-8-6-7-9-17(16)14-18/h6-9,11-12,14-15,19-20H,3-5,10,13H2,1-2H3/t15-,19?,20?/m1/s1. The summed E-state index contributed by atoms with van der Waals surface area (Å²) in [5.41, 5.74) is 0.322. The number of benzene rings is 2. The zero-order valence-electron chi connectivity index (χ0n) is 13.6. The molecule has 0 N–H and O–H groups in total. The minimum atomic E-state index is 0.322. The van der Waals surface area contributed by atoms with Crippen molar-refractivity contribution >= 4 is 22.5 Å². The van der Waals surface area contributed by atoms with Crippen LogP contribution in [0, 0.1) is 5.92 Å². The molecule has 1 nitrogen and oxygen atoms in total. The van der Waals surface area contributed by atoms with Crippen molar-refractivity contribution in [2.45, 2.75) is 62.4 Å². The van der Waals surface area contributed by atoms with Crippen molar-refractivity contribution in [3.8, 4) is 0 Å². The first kappa shape index (κ1) is 15.9. The molecule has 0 bridgehead atoms. The van der Waals surface area contributed by atoms with Gasteiger partial charge in [-0.3, -0.25) is 0 Å². The molecule has 2 heteroatoms. The first-order valence-electron chi connectivity index (χ1n) is 8.57. The molecule has 0 radical (unpaired) electrons. The van der Waals surface area contributed by atoms with Gasteiger partial charge in [0.1, 0.15) is 5.44 Å². The lowest BCUT2D eigenvalue weighted by Gasteiger charge is -2.15. The summed E-state index contributed by atoms with van der Waals surface area (Å²) in [5.74, 6) is 0.690. The van der Waals surface area contributed by atoms with Gasteiger partial charge in [0.15, 0.2) is 0 Å². The van der Waals surface area contributed by atoms with Crippen LogP contribution in [0.3, 0.4) is 0 Å². The Hall–Kier alpha value is -0.990. The van der Waals surface area contributed by atoms with E-state index in [2.05, 4.69) is 56.3 Å². The van der Waals surface area contributed by atoms with Crippen molar-refractivity contribution in [2.75, 3.05) is 0 Å². The number of hydrogen-bond donors (Lipinski definition) is 0. The zero-order chi connectivity index (χ0) is 15.4. The van der Waals surface area contributed by atoms with E-state index in [1.54, 1.807) is 0 Å². The van der Waals surface area contributed by atoms with Crippen molar-refractivity contribution in [1.82, 2.24) is 0 Å². The highest BCUT2D eigenvalue weighted by Crippen LogP contribution is 2.39. The average Bonchev–Trinajstić information content (AvgIpc) is 2.87. The maximum atomic E-state index is 6.30. The van der Waals surface area contributed by atoms with Gasteiger partial charge in [0, 0.05) is 4.90 Å². The molecule has 0 spiro atoms. The van der Waals surface area contributed by atoms with Crippen LogP contribution in [-0.4, -0.2) is 11.5 Å². The summed E-state index contributed by atoms with van der Waals surface area (Å²) >= 11 is 1.89. The Morgan fingerprint density at radius 3 is 2.73 bits per heavy atom. The van der Waals surface area contributed by atoms with E-state index in [0.29, 0.717) is 17.5 Å². The number of ether oxygens (including phenoxy) is 1. The summed E-state index contributed by atoms with van der Waals surface area (Å²) in [7, 11) is 0. The van der Waals surface area contributed by atoms with Gasteiger partial charge in [0.05, 0.1) is 6.10 Å². The van der Waals surface area contributed by atoms with E-state index in [4.69, 9.17) is 4.74 Å². The Morgan fingerprint density at radius 1 is 1.09 bits per heavy atom. The first-order valence-corrected chi connectivity index (χ1v) is 9.45. The van der Waals surface area contributed by atoms with Crippen LogP contribution in [0.4, 0.5) is 0 Å². The summed E-state index contributed by atoms with van der Waals surface area (Å²) in [6.07, 6.45) is 6.78. The van der Waals surface area contributed by atoms with Crippen LogP contribution in [0.5, 0.6) is 0 Å². The molecule has 3 atom stereocenters. The fourth-order valence-electron chi connectivity index (χ4n) is 3.26. The van der Waals surface area contributed by atoms with Gasteiger partial charge in [-0.15, -0.1) is 0 Å². The molecule has 1 saturated heterocycles. The third-order valence-corrected chi connectivity index (χ3v) is 5.70. The van der Waals surface area contributed by atoms with E-state index in [1.165, 1.54) is 47.8 Å². The maximum absolute atomic E-state index is 6.30. The normalized spacial score (nSPS) is 24.9. The van der Waals surface area contributed by atoms with Gasteiger partial charge >= 0.3 is 0 Å². The second-order valence-electron chi connectivity index (χ2n) is 6.44. The number of unbranched alkanes of at least 4 members (excludes halogenated alkanes) is 2. The fraction of sp³-hybridized carbons (Fsp3) is 0.500.